The number of amides is 3. The fourth-order valence-corrected chi connectivity index (χ4v) is 8.53. The molecule has 4 heterocycles. The van der Waals surface area contributed by atoms with Gasteiger partial charge in [-0.1, -0.05) is 11.3 Å². The highest BCUT2D eigenvalue weighted by Crippen LogP contribution is 2.57. The van der Waals surface area contributed by atoms with E-state index in [-0.39, 0.29) is 23.6 Å². The molecule has 3 saturated heterocycles. The van der Waals surface area contributed by atoms with Gasteiger partial charge in [-0.05, 0) is 119 Å². The lowest BCUT2D eigenvalue weighted by Crippen LogP contribution is -2.59. The summed E-state index contributed by atoms with van der Waals surface area (Å²) in [6.07, 6.45) is 13.5. The molecule has 1 spiro atoms. The molecule has 10 nitrogen and oxygen atoms in total. The van der Waals surface area contributed by atoms with Crippen LogP contribution in [0.15, 0.2) is 18.2 Å². The largest absolute Gasteiger partial charge is 0.350 e. The van der Waals surface area contributed by atoms with E-state index in [1.807, 2.05) is 35.0 Å². The smallest absolute Gasteiger partial charge is 0.243 e. The third-order valence-corrected chi connectivity index (χ3v) is 11.4. The number of fused-ring (bicyclic) bond motifs is 1. The van der Waals surface area contributed by atoms with Crippen molar-refractivity contribution in [2.24, 2.45) is 30.2 Å². The number of likely N-dealkylation sites (tertiary alicyclic amines) is 2. The summed E-state index contributed by atoms with van der Waals surface area (Å²) in [5.74, 6) is 0.580. The van der Waals surface area contributed by atoms with Crippen LogP contribution in [0, 0.1) is 23.2 Å². The normalized spacial score (nSPS) is 29.0. The maximum Gasteiger partial charge on any atom is 0.243 e. The quantitative estimate of drug-likeness (QED) is 0.513. The third-order valence-electron chi connectivity index (χ3n) is 11.4. The molecule has 1 aromatic carbocycles. The van der Waals surface area contributed by atoms with Crippen molar-refractivity contribution in [1.82, 2.24) is 35.4 Å². The zero-order chi connectivity index (χ0) is 29.6. The third kappa shape index (κ3) is 5.91. The van der Waals surface area contributed by atoms with E-state index in [1.165, 1.54) is 38.5 Å². The van der Waals surface area contributed by atoms with E-state index in [4.69, 9.17) is 0 Å². The first kappa shape index (κ1) is 28.7. The van der Waals surface area contributed by atoms with Crippen molar-refractivity contribution in [2.75, 3.05) is 26.2 Å². The number of nitrogens with zero attached hydrogens (tertiary/aromatic N) is 5. The molecular formula is C33H47N7O3. The Bertz CT molecular complexity index is 1350. The van der Waals surface area contributed by atoms with Gasteiger partial charge >= 0.3 is 0 Å². The predicted octanol–water partition coefficient (Wildman–Crippen LogP) is 3.15. The summed E-state index contributed by atoms with van der Waals surface area (Å²) in [6, 6.07) is 4.85. The number of benzene rings is 1. The average Bonchev–Trinajstić information content (AvgIpc) is 3.40. The molecule has 3 amide bonds. The number of hydrogen-bond donors (Lipinski definition) is 2. The van der Waals surface area contributed by atoms with E-state index in [0.29, 0.717) is 36.8 Å². The van der Waals surface area contributed by atoms with Crippen LogP contribution in [-0.2, 0) is 28.0 Å². The lowest BCUT2D eigenvalue weighted by molar-refractivity contribution is -0.146. The van der Waals surface area contributed by atoms with E-state index in [9.17, 15) is 14.4 Å². The molecule has 10 heteroatoms. The summed E-state index contributed by atoms with van der Waals surface area (Å²) in [5, 5.41) is 14.8. The van der Waals surface area contributed by atoms with Crippen molar-refractivity contribution in [3.63, 3.8) is 0 Å². The van der Waals surface area contributed by atoms with E-state index >= 15 is 0 Å². The zero-order valence-corrected chi connectivity index (χ0v) is 25.6. The van der Waals surface area contributed by atoms with Gasteiger partial charge in [0.2, 0.25) is 17.7 Å². The summed E-state index contributed by atoms with van der Waals surface area (Å²) in [4.78, 5) is 45.4. The standard InChI is InChI=1S/C33H47N7O3/c1-38-27-7-6-23(18-26(27)36-37-38)20-35-30(41)28-19-24(17-22-8-10-33(11-9-22)12-13-33)21-40(28)32(43)29-25(5-4-14-34-29)31(42)39-15-2-3-16-39/h6-7,18,22,24-25,28-29,34H,2-5,8-17,19-21H2,1H3,(H,35,41)/t24-,25+,28+,29-/m1/s1. The van der Waals surface area contributed by atoms with Gasteiger partial charge in [0.05, 0.1) is 17.5 Å². The second-order valence-corrected chi connectivity index (χ2v) is 14.3. The maximum atomic E-state index is 14.3. The fourth-order valence-electron chi connectivity index (χ4n) is 8.53. The van der Waals surface area contributed by atoms with E-state index in [2.05, 4.69) is 20.9 Å². The van der Waals surface area contributed by atoms with E-state index in [1.54, 1.807) is 4.68 Å². The van der Waals surface area contributed by atoms with Crippen LogP contribution in [0.1, 0.15) is 82.6 Å². The molecule has 2 saturated carbocycles. The zero-order valence-electron chi connectivity index (χ0n) is 25.6. The second kappa shape index (κ2) is 11.8. The number of carbonyl (C=O) groups is 3. The molecule has 5 fully saturated rings. The van der Waals surface area contributed by atoms with Crippen molar-refractivity contribution >= 4 is 28.8 Å². The molecule has 1 aromatic heterocycles. The molecule has 3 aliphatic heterocycles. The molecule has 0 bridgehead atoms. The molecule has 43 heavy (non-hydrogen) atoms. The Balaban J connectivity index is 1.06. The number of rotatable bonds is 7. The fraction of sp³-hybridized carbons (Fsp3) is 0.727. The van der Waals surface area contributed by atoms with Crippen LogP contribution in [0.2, 0.25) is 0 Å². The van der Waals surface area contributed by atoms with Crippen LogP contribution in [0.3, 0.4) is 0 Å². The molecule has 7 rings (SSSR count). The Morgan fingerprint density at radius 2 is 1.79 bits per heavy atom. The van der Waals surface area contributed by atoms with Gasteiger partial charge in [-0.3, -0.25) is 14.4 Å². The average molecular weight is 590 g/mol. The summed E-state index contributed by atoms with van der Waals surface area (Å²) in [7, 11) is 1.86. The van der Waals surface area contributed by atoms with Crippen LogP contribution in [0.25, 0.3) is 11.0 Å². The van der Waals surface area contributed by atoms with Gasteiger partial charge < -0.3 is 20.4 Å². The van der Waals surface area contributed by atoms with Crippen molar-refractivity contribution in [3.05, 3.63) is 23.8 Å². The monoisotopic (exact) mass is 589 g/mol. The predicted molar refractivity (Wildman–Crippen MR) is 163 cm³/mol. The molecule has 4 atom stereocenters. The SMILES string of the molecule is Cn1nnc2cc(CNC(=O)[C@@H]3C[C@@H](CC4CCC5(CC4)CC5)CN3C(=O)[C@@H]3NCCC[C@@H]3C(=O)N3CCCC3)ccc21. The van der Waals surface area contributed by atoms with Gasteiger partial charge in [-0.15, -0.1) is 5.10 Å². The van der Waals surface area contributed by atoms with Crippen LogP contribution >= 0.6 is 0 Å². The highest BCUT2D eigenvalue weighted by Gasteiger charge is 2.48. The lowest BCUT2D eigenvalue weighted by Gasteiger charge is -2.36. The summed E-state index contributed by atoms with van der Waals surface area (Å²) < 4.78 is 1.73. The maximum absolute atomic E-state index is 14.3. The minimum Gasteiger partial charge on any atom is -0.350 e. The molecule has 2 aromatic rings. The van der Waals surface area contributed by atoms with Gasteiger partial charge in [0.15, 0.2) is 0 Å². The Labute approximate surface area is 254 Å². The highest BCUT2D eigenvalue weighted by atomic mass is 16.2. The van der Waals surface area contributed by atoms with Gasteiger partial charge in [0, 0.05) is 33.2 Å². The van der Waals surface area contributed by atoms with Crippen molar-refractivity contribution < 1.29 is 14.4 Å². The van der Waals surface area contributed by atoms with Crippen LogP contribution < -0.4 is 10.6 Å². The summed E-state index contributed by atoms with van der Waals surface area (Å²) in [6.45, 7) is 3.28. The van der Waals surface area contributed by atoms with Gasteiger partial charge in [0.1, 0.15) is 11.6 Å². The first-order valence-corrected chi connectivity index (χ1v) is 16.8. The number of hydrogen-bond acceptors (Lipinski definition) is 6. The Morgan fingerprint density at radius 3 is 2.56 bits per heavy atom. The first-order chi connectivity index (χ1) is 20.9. The molecular weight excluding hydrogens is 542 g/mol. The first-order valence-electron chi connectivity index (χ1n) is 16.8. The Hall–Kier alpha value is -3.01. The van der Waals surface area contributed by atoms with Gasteiger partial charge in [-0.2, -0.15) is 0 Å². The number of piperidine rings is 1. The molecule has 0 radical (unpaired) electrons. The minimum atomic E-state index is -0.556. The lowest BCUT2D eigenvalue weighted by atomic mass is 9.76. The summed E-state index contributed by atoms with van der Waals surface area (Å²) >= 11 is 0. The Kier molecular flexibility index (Phi) is 7.90. The highest BCUT2D eigenvalue weighted by molar-refractivity contribution is 5.94. The van der Waals surface area contributed by atoms with Gasteiger partial charge in [0.25, 0.3) is 0 Å². The number of carbonyl (C=O) groups excluding carboxylic acids is 3. The van der Waals surface area contributed by atoms with Gasteiger partial charge in [-0.25, -0.2) is 4.68 Å². The molecule has 232 valence electrons. The molecule has 0 unspecified atom stereocenters. The van der Waals surface area contributed by atoms with Crippen LogP contribution in [0.4, 0.5) is 0 Å². The van der Waals surface area contributed by atoms with E-state index < -0.39 is 12.1 Å². The van der Waals surface area contributed by atoms with Crippen molar-refractivity contribution in [3.8, 4) is 0 Å². The second-order valence-electron chi connectivity index (χ2n) is 14.3. The topological polar surface area (TPSA) is 112 Å². The van der Waals surface area contributed by atoms with Crippen molar-refractivity contribution in [1.29, 1.82) is 0 Å². The Morgan fingerprint density at radius 1 is 1.00 bits per heavy atom. The van der Waals surface area contributed by atoms with Crippen LogP contribution in [0.5, 0.6) is 0 Å². The number of aryl methyl sites for hydroxylation is 1. The summed E-state index contributed by atoms with van der Waals surface area (Å²) in [5.41, 5.74) is 3.35. The molecule has 2 N–H and O–H groups in total. The number of nitrogens with one attached hydrogen (secondary N) is 2. The minimum absolute atomic E-state index is 0.0681. The molecule has 2 aliphatic carbocycles. The van der Waals surface area contributed by atoms with Crippen molar-refractivity contribution in [2.45, 2.75) is 95.7 Å². The number of aromatic nitrogens is 3. The van der Waals surface area contributed by atoms with E-state index in [0.717, 1.165) is 68.3 Å². The molecule has 5 aliphatic rings. The van der Waals surface area contributed by atoms with Crippen LogP contribution in [-0.4, -0.2) is 80.8 Å².